The Morgan fingerprint density at radius 3 is 2.37 bits per heavy atom. The molecule has 2 aromatic rings. The summed E-state index contributed by atoms with van der Waals surface area (Å²) in [5.74, 6) is 0.349. The zero-order valence-corrected chi connectivity index (χ0v) is 19.0. The highest BCUT2D eigenvalue weighted by molar-refractivity contribution is 5.88. The molecule has 2 amide bonds. The van der Waals surface area contributed by atoms with Gasteiger partial charge >= 0.3 is 0 Å². The van der Waals surface area contributed by atoms with Crippen molar-refractivity contribution in [2.24, 2.45) is 0 Å². The zero-order chi connectivity index (χ0) is 22.3. The second-order valence-corrected chi connectivity index (χ2v) is 8.16. The first kappa shape index (κ1) is 23.5. The Balaban J connectivity index is 2.25. The zero-order valence-electron chi connectivity index (χ0n) is 19.0. The maximum Gasteiger partial charge on any atom is 0.261 e. The molecule has 2 aromatic carbocycles. The van der Waals surface area contributed by atoms with Gasteiger partial charge in [0.15, 0.2) is 6.61 Å². The highest BCUT2D eigenvalue weighted by Crippen LogP contribution is 2.20. The van der Waals surface area contributed by atoms with Gasteiger partial charge in [0, 0.05) is 12.6 Å². The standard InChI is InChI=1S/C25H34N2O3/c1-7-22(25(29)26-17(2)3)27(15-21-10-8-9-18(4)13-21)24(28)16-30-23-14-19(5)11-12-20(23)6/h8-14,17,22H,7,15-16H2,1-6H3,(H,26,29). The summed E-state index contributed by atoms with van der Waals surface area (Å²) in [5.41, 5.74) is 4.16. The quantitative estimate of drug-likeness (QED) is 0.670. The summed E-state index contributed by atoms with van der Waals surface area (Å²) in [7, 11) is 0. The molecule has 162 valence electrons. The number of hydrogen-bond donors (Lipinski definition) is 1. The van der Waals surface area contributed by atoms with Crippen LogP contribution in [0.25, 0.3) is 0 Å². The summed E-state index contributed by atoms with van der Waals surface area (Å²) in [4.78, 5) is 27.7. The molecule has 0 heterocycles. The van der Waals surface area contributed by atoms with Gasteiger partial charge in [0.1, 0.15) is 11.8 Å². The number of ether oxygens (including phenoxy) is 1. The summed E-state index contributed by atoms with van der Waals surface area (Å²) in [6.45, 7) is 12.0. The molecule has 1 N–H and O–H groups in total. The molecule has 0 spiro atoms. The fraction of sp³-hybridized carbons (Fsp3) is 0.440. The monoisotopic (exact) mass is 410 g/mol. The third-order valence-corrected chi connectivity index (χ3v) is 4.95. The molecule has 0 aliphatic heterocycles. The number of hydrogen-bond acceptors (Lipinski definition) is 3. The summed E-state index contributed by atoms with van der Waals surface area (Å²) in [6, 6.07) is 13.4. The first-order valence-electron chi connectivity index (χ1n) is 10.6. The van der Waals surface area contributed by atoms with Crippen molar-refractivity contribution in [2.45, 2.75) is 66.6 Å². The van der Waals surface area contributed by atoms with Gasteiger partial charge in [-0.05, 0) is 63.8 Å². The van der Waals surface area contributed by atoms with Crippen LogP contribution in [0.4, 0.5) is 0 Å². The van der Waals surface area contributed by atoms with Crippen molar-refractivity contribution in [1.82, 2.24) is 10.2 Å². The van der Waals surface area contributed by atoms with Crippen LogP contribution in [-0.4, -0.2) is 35.4 Å². The number of rotatable bonds is 9. The average Bonchev–Trinajstić information content (AvgIpc) is 2.67. The molecule has 1 atom stereocenters. The van der Waals surface area contributed by atoms with Gasteiger partial charge in [0.2, 0.25) is 5.91 Å². The van der Waals surface area contributed by atoms with Gasteiger partial charge in [0.05, 0.1) is 0 Å². The predicted octanol–water partition coefficient (Wildman–Crippen LogP) is 4.32. The maximum atomic E-state index is 13.2. The molecule has 0 radical (unpaired) electrons. The lowest BCUT2D eigenvalue weighted by molar-refractivity contribution is -0.143. The Labute approximate surface area is 180 Å². The minimum Gasteiger partial charge on any atom is -0.483 e. The Bertz CT molecular complexity index is 876. The van der Waals surface area contributed by atoms with Gasteiger partial charge in [-0.15, -0.1) is 0 Å². The van der Waals surface area contributed by atoms with Crippen LogP contribution in [0, 0.1) is 20.8 Å². The normalized spacial score (nSPS) is 11.8. The molecule has 30 heavy (non-hydrogen) atoms. The smallest absolute Gasteiger partial charge is 0.261 e. The SMILES string of the molecule is CCC(C(=O)NC(C)C)N(Cc1cccc(C)c1)C(=O)COc1cc(C)ccc1C. The number of carbonyl (C=O) groups excluding carboxylic acids is 2. The minimum absolute atomic E-state index is 0.00802. The van der Waals surface area contributed by atoms with Crippen LogP contribution >= 0.6 is 0 Å². The van der Waals surface area contributed by atoms with E-state index in [-0.39, 0.29) is 24.5 Å². The van der Waals surface area contributed by atoms with Crippen LogP contribution in [0.2, 0.25) is 0 Å². The topological polar surface area (TPSA) is 58.6 Å². The Morgan fingerprint density at radius 1 is 1.03 bits per heavy atom. The molecule has 5 heteroatoms. The van der Waals surface area contributed by atoms with Gasteiger partial charge in [-0.2, -0.15) is 0 Å². The van der Waals surface area contributed by atoms with E-state index in [1.54, 1.807) is 4.90 Å². The molecule has 0 saturated carbocycles. The van der Waals surface area contributed by atoms with E-state index in [1.807, 2.05) is 84.0 Å². The molecular weight excluding hydrogens is 376 g/mol. The van der Waals surface area contributed by atoms with Gasteiger partial charge in [-0.1, -0.05) is 48.9 Å². The van der Waals surface area contributed by atoms with Crippen molar-refractivity contribution >= 4 is 11.8 Å². The van der Waals surface area contributed by atoms with Crippen molar-refractivity contribution in [3.05, 3.63) is 64.7 Å². The molecule has 2 rings (SSSR count). The molecule has 0 saturated heterocycles. The molecular formula is C25H34N2O3. The van der Waals surface area contributed by atoms with Crippen LogP contribution in [0.15, 0.2) is 42.5 Å². The van der Waals surface area contributed by atoms with E-state index in [1.165, 1.54) is 0 Å². The van der Waals surface area contributed by atoms with Crippen LogP contribution in [0.3, 0.4) is 0 Å². The summed E-state index contributed by atoms with van der Waals surface area (Å²) >= 11 is 0. The fourth-order valence-electron chi connectivity index (χ4n) is 3.39. The third kappa shape index (κ3) is 6.61. The predicted molar refractivity (Wildman–Crippen MR) is 120 cm³/mol. The van der Waals surface area contributed by atoms with Crippen molar-refractivity contribution in [3.63, 3.8) is 0 Å². The van der Waals surface area contributed by atoms with Crippen LogP contribution in [0.1, 0.15) is 49.4 Å². The Kier molecular flexibility index (Phi) is 8.46. The highest BCUT2D eigenvalue weighted by atomic mass is 16.5. The van der Waals surface area contributed by atoms with Crippen LogP contribution < -0.4 is 10.1 Å². The number of aryl methyl sites for hydroxylation is 3. The highest BCUT2D eigenvalue weighted by Gasteiger charge is 2.29. The molecule has 0 aliphatic carbocycles. The Morgan fingerprint density at radius 2 is 1.73 bits per heavy atom. The summed E-state index contributed by atoms with van der Waals surface area (Å²) < 4.78 is 5.85. The van der Waals surface area contributed by atoms with E-state index in [9.17, 15) is 9.59 Å². The minimum atomic E-state index is -0.553. The first-order valence-corrected chi connectivity index (χ1v) is 10.6. The largest absolute Gasteiger partial charge is 0.483 e. The van der Waals surface area contributed by atoms with Gasteiger partial charge in [-0.3, -0.25) is 9.59 Å². The van der Waals surface area contributed by atoms with E-state index < -0.39 is 6.04 Å². The first-order chi connectivity index (χ1) is 14.2. The van der Waals surface area contributed by atoms with Crippen molar-refractivity contribution < 1.29 is 14.3 Å². The van der Waals surface area contributed by atoms with Crippen molar-refractivity contribution in [2.75, 3.05) is 6.61 Å². The summed E-state index contributed by atoms with van der Waals surface area (Å²) in [5, 5.41) is 2.94. The van der Waals surface area contributed by atoms with Crippen molar-refractivity contribution in [3.8, 4) is 5.75 Å². The fourth-order valence-corrected chi connectivity index (χ4v) is 3.39. The average molecular weight is 411 g/mol. The van der Waals surface area contributed by atoms with Crippen LogP contribution in [-0.2, 0) is 16.1 Å². The number of nitrogens with zero attached hydrogens (tertiary/aromatic N) is 1. The number of nitrogens with one attached hydrogen (secondary N) is 1. The van der Waals surface area contributed by atoms with E-state index in [4.69, 9.17) is 4.74 Å². The lowest BCUT2D eigenvalue weighted by atomic mass is 10.1. The van der Waals surface area contributed by atoms with Crippen molar-refractivity contribution in [1.29, 1.82) is 0 Å². The molecule has 0 aromatic heterocycles. The second-order valence-electron chi connectivity index (χ2n) is 8.16. The Hall–Kier alpha value is -2.82. The molecule has 0 aliphatic rings. The molecule has 1 unspecified atom stereocenters. The van der Waals surface area contributed by atoms with Gasteiger partial charge in [0.25, 0.3) is 5.91 Å². The molecule has 0 fully saturated rings. The van der Waals surface area contributed by atoms with E-state index in [2.05, 4.69) is 5.32 Å². The second kappa shape index (κ2) is 10.8. The number of carbonyl (C=O) groups is 2. The summed E-state index contributed by atoms with van der Waals surface area (Å²) in [6.07, 6.45) is 0.527. The van der Waals surface area contributed by atoms with E-state index in [0.717, 1.165) is 22.3 Å². The lowest BCUT2D eigenvalue weighted by Crippen LogP contribution is -2.51. The number of amides is 2. The van der Waals surface area contributed by atoms with Crippen LogP contribution in [0.5, 0.6) is 5.75 Å². The van der Waals surface area contributed by atoms with Gasteiger partial charge < -0.3 is 15.0 Å². The third-order valence-electron chi connectivity index (χ3n) is 4.95. The lowest BCUT2D eigenvalue weighted by Gasteiger charge is -2.31. The van der Waals surface area contributed by atoms with E-state index >= 15 is 0 Å². The molecule has 0 bridgehead atoms. The van der Waals surface area contributed by atoms with Gasteiger partial charge in [-0.25, -0.2) is 0 Å². The molecule has 5 nitrogen and oxygen atoms in total. The maximum absolute atomic E-state index is 13.2. The number of benzene rings is 2. The van der Waals surface area contributed by atoms with E-state index in [0.29, 0.717) is 18.7 Å².